The van der Waals surface area contributed by atoms with Crippen molar-refractivity contribution in [3.63, 3.8) is 0 Å². The Morgan fingerprint density at radius 1 is 0.742 bits per heavy atom. The first kappa shape index (κ1) is 44.6. The Morgan fingerprint density at radius 2 is 1.39 bits per heavy atom. The van der Waals surface area contributed by atoms with Gasteiger partial charge >= 0.3 is 0 Å². The van der Waals surface area contributed by atoms with Crippen molar-refractivity contribution in [3.8, 4) is 5.75 Å². The van der Waals surface area contributed by atoms with Crippen LogP contribution in [0.25, 0.3) is 0 Å². The lowest BCUT2D eigenvalue weighted by Crippen LogP contribution is -2.47. The molecule has 0 aliphatic carbocycles. The lowest BCUT2D eigenvalue weighted by molar-refractivity contribution is -0.445. The average Bonchev–Trinajstić information content (AvgIpc) is 3.69. The monoisotopic (exact) mass is 880 g/mol. The molecule has 3 unspecified atom stereocenters. The lowest BCUT2D eigenvalue weighted by Gasteiger charge is -2.43. The first-order valence-electron chi connectivity index (χ1n) is 24.8. The van der Waals surface area contributed by atoms with E-state index in [1.54, 1.807) is 7.11 Å². The van der Waals surface area contributed by atoms with E-state index in [1.165, 1.54) is 69.0 Å². The number of rotatable bonds is 12. The molecule has 0 amide bonds. The van der Waals surface area contributed by atoms with E-state index in [0.29, 0.717) is 0 Å². The van der Waals surface area contributed by atoms with E-state index < -0.39 is 11.2 Å². The molecule has 5 aromatic rings. The molecule has 0 spiro atoms. The molecule has 5 aliphatic heterocycles. The van der Waals surface area contributed by atoms with Crippen molar-refractivity contribution in [2.45, 2.75) is 147 Å². The number of hydrogen-bond donors (Lipinski definition) is 0. The molecule has 0 fully saturated rings. The molecular weight excluding hydrogens is 809 g/mol. The van der Waals surface area contributed by atoms with E-state index >= 15 is 0 Å². The van der Waals surface area contributed by atoms with Crippen molar-refractivity contribution in [1.29, 1.82) is 0 Å². The Bertz CT molecular complexity index is 2710. The number of anilines is 1. The Kier molecular flexibility index (Phi) is 11.0. The predicted octanol–water partition coefficient (Wildman–Crippen LogP) is 14.0. The van der Waals surface area contributed by atoms with Crippen LogP contribution in [0.15, 0.2) is 144 Å². The number of methoxy groups -OCH3 is 1. The summed E-state index contributed by atoms with van der Waals surface area (Å²) in [6.45, 7) is 25.8. The lowest BCUT2D eigenvalue weighted by atomic mass is 9.73. The molecule has 5 nitrogen and oxygen atoms in total. The van der Waals surface area contributed by atoms with Crippen LogP contribution in [0.1, 0.15) is 146 Å². The van der Waals surface area contributed by atoms with E-state index in [-0.39, 0.29) is 34.4 Å². The molecule has 5 aliphatic rings. The van der Waals surface area contributed by atoms with Gasteiger partial charge in [-0.3, -0.25) is 0 Å². The second-order valence-corrected chi connectivity index (χ2v) is 22.2. The maximum absolute atomic E-state index is 7.68. The van der Waals surface area contributed by atoms with Gasteiger partial charge in [0, 0.05) is 52.5 Å². The number of benzene rings is 5. The first-order valence-corrected chi connectivity index (χ1v) is 24.8. The average molecular weight is 880 g/mol. The fourth-order valence-electron chi connectivity index (χ4n) is 13.0. The van der Waals surface area contributed by atoms with Gasteiger partial charge in [0.2, 0.25) is 5.69 Å². The molecule has 3 atom stereocenters. The Hall–Kier alpha value is -5.23. The van der Waals surface area contributed by atoms with Crippen LogP contribution >= 0.6 is 0 Å². The summed E-state index contributed by atoms with van der Waals surface area (Å²) in [5, 5.41) is 0. The van der Waals surface area contributed by atoms with E-state index in [2.05, 4.69) is 194 Å². The zero-order valence-electron chi connectivity index (χ0n) is 41.4. The number of hydrogen-bond acceptors (Lipinski definition) is 4. The molecule has 0 saturated carbocycles. The molecule has 5 heterocycles. The summed E-state index contributed by atoms with van der Waals surface area (Å²) in [6, 6.07) is 44.5. The number of nitrogens with zero attached hydrogens (tertiary/aromatic N) is 2. The van der Waals surface area contributed by atoms with Crippen LogP contribution in [-0.2, 0) is 31.3 Å². The predicted molar refractivity (Wildman–Crippen MR) is 271 cm³/mol. The summed E-state index contributed by atoms with van der Waals surface area (Å²) in [5.74, 6) is 1.05. The molecule has 5 aromatic carbocycles. The molecular formula is C61H71N2O3+. The molecule has 5 heteroatoms. The van der Waals surface area contributed by atoms with Crippen molar-refractivity contribution in [2.24, 2.45) is 0 Å². The van der Waals surface area contributed by atoms with Gasteiger partial charge in [0.1, 0.15) is 11.4 Å². The van der Waals surface area contributed by atoms with Crippen LogP contribution in [0, 0.1) is 0 Å². The normalized spacial score (nSPS) is 21.0. The van der Waals surface area contributed by atoms with Crippen LogP contribution in [0.5, 0.6) is 5.75 Å². The highest BCUT2D eigenvalue weighted by atomic mass is 16.5. The van der Waals surface area contributed by atoms with E-state index in [9.17, 15) is 0 Å². The summed E-state index contributed by atoms with van der Waals surface area (Å²) in [4.78, 5) is 2.64. The molecule has 0 bridgehead atoms. The summed E-state index contributed by atoms with van der Waals surface area (Å²) in [7, 11) is 1.72. The minimum Gasteiger partial charge on any atom is -0.497 e. The van der Waals surface area contributed by atoms with Gasteiger partial charge in [-0.25, -0.2) is 0 Å². The molecule has 0 saturated heterocycles. The molecule has 0 radical (unpaired) electrons. The highest BCUT2D eigenvalue weighted by Crippen LogP contribution is 2.55. The van der Waals surface area contributed by atoms with E-state index in [4.69, 9.17) is 14.2 Å². The van der Waals surface area contributed by atoms with Crippen molar-refractivity contribution < 1.29 is 18.8 Å². The largest absolute Gasteiger partial charge is 0.497 e. The minimum absolute atomic E-state index is 0.107. The van der Waals surface area contributed by atoms with E-state index in [1.807, 2.05) is 12.1 Å². The van der Waals surface area contributed by atoms with Crippen LogP contribution in [0.4, 0.5) is 11.4 Å². The molecule has 342 valence electrons. The van der Waals surface area contributed by atoms with Gasteiger partial charge in [0.15, 0.2) is 12.3 Å². The van der Waals surface area contributed by atoms with Crippen LogP contribution in [-0.4, -0.2) is 48.3 Å². The molecule has 0 N–H and O–H groups in total. The molecule has 10 rings (SSSR count). The zero-order valence-corrected chi connectivity index (χ0v) is 41.4. The third-order valence-corrected chi connectivity index (χ3v) is 16.1. The molecule has 0 aromatic heterocycles. The van der Waals surface area contributed by atoms with Gasteiger partial charge in [-0.1, -0.05) is 139 Å². The van der Waals surface area contributed by atoms with Crippen molar-refractivity contribution >= 4 is 17.1 Å². The van der Waals surface area contributed by atoms with Crippen LogP contribution in [0.2, 0.25) is 0 Å². The second kappa shape index (κ2) is 16.2. The maximum Gasteiger partial charge on any atom is 0.209 e. The quantitative estimate of drug-likeness (QED) is 0.0924. The van der Waals surface area contributed by atoms with Gasteiger partial charge in [0.05, 0.1) is 30.3 Å². The van der Waals surface area contributed by atoms with Gasteiger partial charge in [0.25, 0.3) is 0 Å². The van der Waals surface area contributed by atoms with Gasteiger partial charge in [-0.2, -0.15) is 4.58 Å². The summed E-state index contributed by atoms with van der Waals surface area (Å²) < 4.78 is 23.2. The van der Waals surface area contributed by atoms with Crippen LogP contribution < -0.4 is 9.64 Å². The van der Waals surface area contributed by atoms with Crippen LogP contribution in [0.3, 0.4) is 0 Å². The highest BCUT2D eigenvalue weighted by molar-refractivity contribution is 6.08. The summed E-state index contributed by atoms with van der Waals surface area (Å²) in [5.41, 5.74) is 15.7. The minimum atomic E-state index is -0.848. The molecule has 66 heavy (non-hydrogen) atoms. The third-order valence-electron chi connectivity index (χ3n) is 16.1. The fourth-order valence-corrected chi connectivity index (χ4v) is 13.0. The summed E-state index contributed by atoms with van der Waals surface area (Å²) >= 11 is 0. The number of allylic oxidation sites excluding steroid dienone is 1. The smallest absolute Gasteiger partial charge is 0.209 e. The fraction of sp³-hybridized carbons (Fsp3) is 0.426. The maximum atomic E-state index is 7.68. The topological polar surface area (TPSA) is 33.9 Å². The van der Waals surface area contributed by atoms with Gasteiger partial charge in [-0.05, 0) is 122 Å². The SMILES string of the molecule is CCCC(C)(C)c1ccc2c(c1)C(C)(C)C1=C3C=C4C5=[N+](CCC4OC3CCN12)c1ccc(C(C)CC(C)(C)OC(c2ccccc2)(c2ccccc2)c2ccc(OC)cc2)cc1C5(C)C. The number of fused-ring (bicyclic) bond motifs is 8. The van der Waals surface area contributed by atoms with Gasteiger partial charge in [-0.15, -0.1) is 0 Å². The van der Waals surface area contributed by atoms with Gasteiger partial charge < -0.3 is 19.1 Å². The number of ether oxygens (including phenoxy) is 3. The van der Waals surface area contributed by atoms with E-state index in [0.717, 1.165) is 54.8 Å². The Labute approximate surface area is 395 Å². The highest BCUT2D eigenvalue weighted by Gasteiger charge is 2.55. The zero-order chi connectivity index (χ0) is 46.4. The van der Waals surface area contributed by atoms with Crippen molar-refractivity contribution in [2.75, 3.05) is 25.1 Å². The van der Waals surface area contributed by atoms with Crippen molar-refractivity contribution in [1.82, 2.24) is 0 Å². The second-order valence-electron chi connectivity index (χ2n) is 22.2. The first-order chi connectivity index (χ1) is 31.5. The Morgan fingerprint density at radius 3 is 2.05 bits per heavy atom. The Balaban J connectivity index is 0.974. The summed E-state index contributed by atoms with van der Waals surface area (Å²) in [6.07, 6.45) is 8.04. The standard InChI is InChI=1S/C61H71N2O3/c1-12-33-57(3,4)45-26-30-52-50(37-45)60(9,10)56-48-38-47-53(65-54(48)32-35-63(52)56)31-34-62-51-29-23-41(36-49(51)59(7,8)55(47)62)40(2)39-58(5,6)66-61(42-19-15-13-16-20-42,43-21-17-14-18-22-43)44-24-27-46(64-11)28-25-44/h13-30,36-38,40,53-54H,12,31-35,39H2,1-11H3/q+1. The third kappa shape index (κ3) is 7.14. The van der Waals surface area contributed by atoms with Crippen molar-refractivity contribution in [3.05, 3.63) is 183 Å².